The predicted octanol–water partition coefficient (Wildman–Crippen LogP) is 3.13. The summed E-state index contributed by atoms with van der Waals surface area (Å²) in [7, 11) is 0. The summed E-state index contributed by atoms with van der Waals surface area (Å²) in [5.74, 6) is -0.777. The molecular weight excluding hydrogens is 268 g/mol. The van der Waals surface area contributed by atoms with Crippen molar-refractivity contribution in [1.82, 2.24) is 0 Å². The van der Waals surface area contributed by atoms with Gasteiger partial charge in [0.25, 0.3) is 0 Å². The molecule has 0 aliphatic heterocycles. The van der Waals surface area contributed by atoms with Crippen LogP contribution in [0.5, 0.6) is 5.75 Å². The summed E-state index contributed by atoms with van der Waals surface area (Å²) in [6, 6.07) is 12.8. The molecule has 0 amide bonds. The third kappa shape index (κ3) is 3.69. The van der Waals surface area contributed by atoms with E-state index in [1.54, 1.807) is 19.1 Å². The van der Waals surface area contributed by atoms with Crippen LogP contribution in [0.2, 0.25) is 0 Å². The maximum Gasteiger partial charge on any atom is 0.338 e. The summed E-state index contributed by atoms with van der Waals surface area (Å²) in [5, 5.41) is 9.17. The van der Waals surface area contributed by atoms with Gasteiger partial charge in [-0.3, -0.25) is 4.79 Å². The Labute approximate surface area is 123 Å². The van der Waals surface area contributed by atoms with Crippen molar-refractivity contribution >= 4 is 11.8 Å². The van der Waals surface area contributed by atoms with E-state index in [2.05, 4.69) is 0 Å². The zero-order valence-electron chi connectivity index (χ0n) is 11.9. The summed E-state index contributed by atoms with van der Waals surface area (Å²) in [6.07, 6.45) is -0.867. The lowest BCUT2D eigenvalue weighted by Gasteiger charge is -2.12. The average molecular weight is 284 g/mol. The normalized spacial score (nSPS) is 11.7. The molecule has 4 heteroatoms. The highest BCUT2D eigenvalue weighted by Gasteiger charge is 2.20. The second-order valence-corrected chi connectivity index (χ2v) is 4.82. The molecule has 0 aliphatic carbocycles. The minimum atomic E-state index is -0.867. The number of phenolic OH excluding ortho intramolecular Hbond substituents is 1. The second kappa shape index (κ2) is 6.22. The highest BCUT2D eigenvalue weighted by Crippen LogP contribution is 2.13. The van der Waals surface area contributed by atoms with E-state index >= 15 is 0 Å². The largest absolute Gasteiger partial charge is 0.508 e. The van der Waals surface area contributed by atoms with Crippen LogP contribution < -0.4 is 0 Å². The Morgan fingerprint density at radius 2 is 1.48 bits per heavy atom. The Bertz CT molecular complexity index is 641. The lowest BCUT2D eigenvalue weighted by Crippen LogP contribution is -2.24. The van der Waals surface area contributed by atoms with Crippen molar-refractivity contribution in [3.8, 4) is 5.75 Å². The van der Waals surface area contributed by atoms with E-state index in [0.29, 0.717) is 5.56 Å². The van der Waals surface area contributed by atoms with Gasteiger partial charge >= 0.3 is 5.97 Å². The Morgan fingerprint density at radius 3 is 2.05 bits per heavy atom. The first-order valence-corrected chi connectivity index (χ1v) is 6.58. The van der Waals surface area contributed by atoms with Gasteiger partial charge in [-0.15, -0.1) is 0 Å². The van der Waals surface area contributed by atoms with Crippen molar-refractivity contribution in [2.45, 2.75) is 20.0 Å². The number of ether oxygens (including phenoxy) is 1. The minimum absolute atomic E-state index is 0.0651. The topological polar surface area (TPSA) is 63.6 Å². The number of aryl methyl sites for hydroxylation is 1. The number of carbonyl (C=O) groups is 2. The summed E-state index contributed by atoms with van der Waals surface area (Å²) < 4.78 is 5.15. The molecule has 0 saturated carbocycles. The lowest BCUT2D eigenvalue weighted by molar-refractivity contribution is 0.0319. The number of benzene rings is 2. The van der Waals surface area contributed by atoms with Crippen molar-refractivity contribution in [3.05, 3.63) is 65.2 Å². The van der Waals surface area contributed by atoms with Gasteiger partial charge in [-0.05, 0) is 38.1 Å². The summed E-state index contributed by atoms with van der Waals surface area (Å²) >= 11 is 0. The molecule has 21 heavy (non-hydrogen) atoms. The highest BCUT2D eigenvalue weighted by molar-refractivity contribution is 6.01. The molecule has 108 valence electrons. The fourth-order valence-electron chi connectivity index (χ4n) is 1.83. The number of rotatable bonds is 4. The molecule has 1 atom stereocenters. The molecule has 0 fully saturated rings. The van der Waals surface area contributed by atoms with Crippen molar-refractivity contribution in [3.63, 3.8) is 0 Å². The van der Waals surface area contributed by atoms with Crippen molar-refractivity contribution < 1.29 is 19.4 Å². The third-order valence-corrected chi connectivity index (χ3v) is 3.09. The zero-order chi connectivity index (χ0) is 15.4. The zero-order valence-corrected chi connectivity index (χ0v) is 11.9. The molecule has 0 aliphatic rings. The van der Waals surface area contributed by atoms with Gasteiger partial charge in [0.1, 0.15) is 5.75 Å². The van der Waals surface area contributed by atoms with Gasteiger partial charge in [-0.1, -0.05) is 29.8 Å². The summed E-state index contributed by atoms with van der Waals surface area (Å²) in [5.41, 5.74) is 1.85. The Kier molecular flexibility index (Phi) is 4.38. The molecule has 0 unspecified atom stereocenters. The van der Waals surface area contributed by atoms with E-state index in [1.165, 1.54) is 24.3 Å². The fraction of sp³-hybridized carbons (Fsp3) is 0.176. The maximum atomic E-state index is 12.2. The summed E-state index contributed by atoms with van der Waals surface area (Å²) in [6.45, 7) is 3.48. The molecule has 0 spiro atoms. The molecule has 4 nitrogen and oxygen atoms in total. The van der Waals surface area contributed by atoms with Crippen LogP contribution in [0.15, 0.2) is 48.5 Å². The van der Waals surface area contributed by atoms with Gasteiger partial charge in [0.2, 0.25) is 5.78 Å². The number of carbonyl (C=O) groups excluding carboxylic acids is 2. The van der Waals surface area contributed by atoms with Crippen LogP contribution in [-0.2, 0) is 4.74 Å². The van der Waals surface area contributed by atoms with Gasteiger partial charge in [-0.2, -0.15) is 0 Å². The minimum Gasteiger partial charge on any atom is -0.508 e. The molecule has 2 aromatic rings. The molecule has 2 rings (SSSR count). The number of aromatic hydroxyl groups is 1. The van der Waals surface area contributed by atoms with E-state index in [0.717, 1.165) is 5.56 Å². The van der Waals surface area contributed by atoms with Crippen molar-refractivity contribution in [2.24, 2.45) is 0 Å². The Balaban J connectivity index is 2.05. The standard InChI is InChI=1S/C17H16O4/c1-11-3-5-13(6-4-11)16(19)12(2)21-17(20)14-7-9-15(18)10-8-14/h3-10,12,18H,1-2H3/t12-/m1/s1. The van der Waals surface area contributed by atoms with Crippen molar-refractivity contribution in [1.29, 1.82) is 0 Å². The summed E-state index contributed by atoms with van der Waals surface area (Å²) in [4.78, 5) is 24.1. The van der Waals surface area contributed by atoms with Crippen LogP contribution in [0.25, 0.3) is 0 Å². The molecule has 2 aromatic carbocycles. The number of hydrogen-bond donors (Lipinski definition) is 1. The van der Waals surface area contributed by atoms with E-state index < -0.39 is 12.1 Å². The van der Waals surface area contributed by atoms with Gasteiger partial charge in [0, 0.05) is 5.56 Å². The molecule has 0 heterocycles. The molecule has 0 saturated heterocycles. The van der Waals surface area contributed by atoms with Crippen LogP contribution in [0.1, 0.15) is 33.2 Å². The SMILES string of the molecule is Cc1ccc(C(=O)[C@@H](C)OC(=O)c2ccc(O)cc2)cc1. The van der Waals surface area contributed by atoms with Gasteiger partial charge in [-0.25, -0.2) is 4.79 Å². The monoisotopic (exact) mass is 284 g/mol. The van der Waals surface area contributed by atoms with Crippen molar-refractivity contribution in [2.75, 3.05) is 0 Å². The predicted molar refractivity (Wildman–Crippen MR) is 78.5 cm³/mol. The van der Waals surface area contributed by atoms with Gasteiger partial charge in [0.05, 0.1) is 5.56 Å². The van der Waals surface area contributed by atoms with Crippen LogP contribution >= 0.6 is 0 Å². The molecule has 0 bridgehead atoms. The Hall–Kier alpha value is -2.62. The first-order valence-electron chi connectivity index (χ1n) is 6.58. The van der Waals surface area contributed by atoms with E-state index in [9.17, 15) is 14.7 Å². The number of ketones is 1. The Morgan fingerprint density at radius 1 is 0.952 bits per heavy atom. The fourth-order valence-corrected chi connectivity index (χ4v) is 1.83. The number of phenols is 1. The number of Topliss-reactive ketones (excluding diaryl/α,β-unsaturated/α-hetero) is 1. The maximum absolute atomic E-state index is 12.2. The number of esters is 1. The van der Waals surface area contributed by atoms with Crippen LogP contribution in [0, 0.1) is 6.92 Å². The average Bonchev–Trinajstić information content (AvgIpc) is 2.47. The second-order valence-electron chi connectivity index (χ2n) is 4.82. The first kappa shape index (κ1) is 14.8. The van der Waals surface area contributed by atoms with E-state index in [4.69, 9.17) is 4.74 Å². The first-order chi connectivity index (χ1) is 9.97. The molecule has 1 N–H and O–H groups in total. The van der Waals surface area contributed by atoms with E-state index in [1.807, 2.05) is 19.1 Å². The molecule has 0 radical (unpaired) electrons. The third-order valence-electron chi connectivity index (χ3n) is 3.09. The molecule has 0 aromatic heterocycles. The smallest absolute Gasteiger partial charge is 0.338 e. The molecular formula is C17H16O4. The number of hydrogen-bond acceptors (Lipinski definition) is 4. The lowest BCUT2D eigenvalue weighted by atomic mass is 10.1. The van der Waals surface area contributed by atoms with Gasteiger partial charge in [0.15, 0.2) is 6.10 Å². The quantitative estimate of drug-likeness (QED) is 0.692. The highest BCUT2D eigenvalue weighted by atomic mass is 16.5. The van der Waals surface area contributed by atoms with Gasteiger partial charge < -0.3 is 9.84 Å². The van der Waals surface area contributed by atoms with Crippen LogP contribution in [0.3, 0.4) is 0 Å². The van der Waals surface area contributed by atoms with E-state index in [-0.39, 0.29) is 17.1 Å². The van der Waals surface area contributed by atoms with Crippen LogP contribution in [-0.4, -0.2) is 23.0 Å². The van der Waals surface area contributed by atoms with Crippen LogP contribution in [0.4, 0.5) is 0 Å².